The monoisotopic (exact) mass is 397 g/mol. The van der Waals surface area contributed by atoms with Crippen molar-refractivity contribution < 1.29 is 0 Å². The minimum Gasteiger partial charge on any atom is -0.378 e. The smallest absolute Gasteiger partial charge is 0.264 e. The molecule has 0 atom stereocenters. The number of H-pyrrole nitrogens is 1. The van der Waals surface area contributed by atoms with Gasteiger partial charge in [-0.2, -0.15) is 0 Å². The van der Waals surface area contributed by atoms with Crippen molar-refractivity contribution in [2.75, 3.05) is 19.0 Å². The van der Waals surface area contributed by atoms with Crippen LogP contribution in [0.4, 0.5) is 5.69 Å². The predicted molar refractivity (Wildman–Crippen MR) is 95.9 cm³/mol. The van der Waals surface area contributed by atoms with E-state index in [1.54, 1.807) is 0 Å². The van der Waals surface area contributed by atoms with E-state index in [1.807, 2.05) is 43.3 Å². The fourth-order valence-electron chi connectivity index (χ4n) is 2.08. The first kappa shape index (κ1) is 16.0. The van der Waals surface area contributed by atoms with Crippen LogP contribution >= 0.6 is 22.6 Å². The molecule has 0 fully saturated rings. The maximum Gasteiger partial charge on any atom is 0.264 e. The van der Waals surface area contributed by atoms with Crippen LogP contribution in [0.1, 0.15) is 19.5 Å². The zero-order chi connectivity index (χ0) is 15.6. The van der Waals surface area contributed by atoms with E-state index in [9.17, 15) is 4.79 Å². The molecule has 0 amide bonds. The fraction of sp³-hybridized carbons (Fsp3) is 0.375. The maximum absolute atomic E-state index is 12.1. The molecule has 5 heteroatoms. The lowest BCUT2D eigenvalue weighted by Crippen LogP contribution is -2.17. The van der Waals surface area contributed by atoms with Crippen molar-refractivity contribution in [3.63, 3.8) is 0 Å². The Labute approximate surface area is 138 Å². The zero-order valence-electron chi connectivity index (χ0n) is 12.8. The van der Waals surface area contributed by atoms with Crippen molar-refractivity contribution in [3.8, 4) is 11.4 Å². The summed E-state index contributed by atoms with van der Waals surface area (Å²) in [5, 5.41) is 0. The second-order valence-corrected chi connectivity index (χ2v) is 6.79. The number of aromatic amines is 1. The van der Waals surface area contributed by atoms with E-state index in [0.717, 1.165) is 23.4 Å². The molecule has 0 bridgehead atoms. The van der Waals surface area contributed by atoms with E-state index >= 15 is 0 Å². The lowest BCUT2D eigenvalue weighted by atomic mass is 10.1. The minimum atomic E-state index is -0.0621. The van der Waals surface area contributed by atoms with Crippen molar-refractivity contribution in [1.29, 1.82) is 0 Å². The van der Waals surface area contributed by atoms with Gasteiger partial charge >= 0.3 is 0 Å². The van der Waals surface area contributed by atoms with E-state index in [-0.39, 0.29) is 5.56 Å². The van der Waals surface area contributed by atoms with Crippen LogP contribution in [0, 0.1) is 9.49 Å². The van der Waals surface area contributed by atoms with Crippen LogP contribution < -0.4 is 10.5 Å². The van der Waals surface area contributed by atoms with Crippen LogP contribution in [0.15, 0.2) is 29.1 Å². The SMILES string of the molecule is CC(C)Cc1nc(-c2ccc(N(C)C)cc2)[nH]c(=O)c1I. The molecular weight excluding hydrogens is 377 g/mol. The van der Waals surface area contributed by atoms with Gasteiger partial charge in [0.05, 0.1) is 9.26 Å². The van der Waals surface area contributed by atoms with Crippen molar-refractivity contribution in [2.24, 2.45) is 5.92 Å². The lowest BCUT2D eigenvalue weighted by Gasteiger charge is -2.13. The van der Waals surface area contributed by atoms with Gasteiger partial charge in [0.1, 0.15) is 5.82 Å². The maximum atomic E-state index is 12.1. The minimum absolute atomic E-state index is 0.0621. The average molecular weight is 397 g/mol. The van der Waals surface area contributed by atoms with Gasteiger partial charge in [-0.05, 0) is 59.2 Å². The number of nitrogens with one attached hydrogen (secondary N) is 1. The van der Waals surface area contributed by atoms with Gasteiger partial charge in [0.2, 0.25) is 0 Å². The highest BCUT2D eigenvalue weighted by atomic mass is 127. The van der Waals surface area contributed by atoms with Crippen molar-refractivity contribution >= 4 is 28.3 Å². The van der Waals surface area contributed by atoms with Gasteiger partial charge in [-0.1, -0.05) is 13.8 Å². The topological polar surface area (TPSA) is 49.0 Å². The van der Waals surface area contributed by atoms with Gasteiger partial charge < -0.3 is 9.88 Å². The highest BCUT2D eigenvalue weighted by Crippen LogP contribution is 2.20. The fourth-order valence-corrected chi connectivity index (χ4v) is 2.56. The Bertz CT molecular complexity index is 675. The Hall–Kier alpha value is -1.37. The Morgan fingerprint density at radius 1 is 1.24 bits per heavy atom. The first-order valence-electron chi connectivity index (χ1n) is 6.95. The number of benzene rings is 1. The van der Waals surface area contributed by atoms with Gasteiger partial charge in [-0.3, -0.25) is 4.79 Å². The second-order valence-electron chi connectivity index (χ2n) is 5.71. The van der Waals surface area contributed by atoms with Crippen LogP contribution in [0.3, 0.4) is 0 Å². The number of nitrogens with zero attached hydrogens (tertiary/aromatic N) is 2. The van der Waals surface area contributed by atoms with E-state index in [0.29, 0.717) is 15.3 Å². The molecule has 2 aromatic rings. The molecule has 21 heavy (non-hydrogen) atoms. The quantitative estimate of drug-likeness (QED) is 0.806. The molecule has 112 valence electrons. The third-order valence-corrected chi connectivity index (χ3v) is 4.30. The van der Waals surface area contributed by atoms with Crippen LogP contribution in [0.5, 0.6) is 0 Å². The van der Waals surface area contributed by atoms with Gasteiger partial charge in [-0.25, -0.2) is 4.98 Å². The average Bonchev–Trinajstić information content (AvgIpc) is 2.43. The number of hydrogen-bond donors (Lipinski definition) is 1. The van der Waals surface area contributed by atoms with Gasteiger partial charge in [0, 0.05) is 25.3 Å². The summed E-state index contributed by atoms with van der Waals surface area (Å²) >= 11 is 2.08. The van der Waals surface area contributed by atoms with Crippen LogP contribution in [-0.4, -0.2) is 24.1 Å². The molecule has 0 spiro atoms. The summed E-state index contributed by atoms with van der Waals surface area (Å²) in [6.45, 7) is 4.26. The summed E-state index contributed by atoms with van der Waals surface area (Å²) in [6.07, 6.45) is 0.810. The number of aromatic nitrogens is 2. The molecule has 0 saturated carbocycles. The molecule has 0 aliphatic carbocycles. The first-order valence-corrected chi connectivity index (χ1v) is 8.02. The summed E-state index contributed by atoms with van der Waals surface area (Å²) in [6, 6.07) is 8.02. The van der Waals surface area contributed by atoms with Crippen molar-refractivity contribution in [3.05, 3.63) is 43.9 Å². The van der Waals surface area contributed by atoms with E-state index in [1.165, 1.54) is 0 Å². The molecule has 0 aliphatic rings. The second kappa shape index (κ2) is 6.60. The molecular formula is C16H20IN3O. The largest absolute Gasteiger partial charge is 0.378 e. The van der Waals surface area contributed by atoms with E-state index < -0.39 is 0 Å². The number of anilines is 1. The zero-order valence-corrected chi connectivity index (χ0v) is 14.9. The molecule has 1 aromatic carbocycles. The third-order valence-electron chi connectivity index (χ3n) is 3.19. The van der Waals surface area contributed by atoms with Crippen molar-refractivity contribution in [2.45, 2.75) is 20.3 Å². The number of rotatable bonds is 4. The highest BCUT2D eigenvalue weighted by Gasteiger charge is 2.11. The summed E-state index contributed by atoms with van der Waals surface area (Å²) in [5.41, 5.74) is 2.86. The normalized spacial score (nSPS) is 11.0. The number of hydrogen-bond acceptors (Lipinski definition) is 3. The summed E-state index contributed by atoms with van der Waals surface area (Å²) in [4.78, 5) is 21.6. The van der Waals surface area contributed by atoms with Gasteiger partial charge in [0.25, 0.3) is 5.56 Å². The molecule has 2 rings (SSSR count). The molecule has 1 heterocycles. The Kier molecular flexibility index (Phi) is 5.03. The summed E-state index contributed by atoms with van der Waals surface area (Å²) in [7, 11) is 4.00. The Balaban J connectivity index is 2.44. The van der Waals surface area contributed by atoms with Gasteiger partial charge in [0.15, 0.2) is 0 Å². The van der Waals surface area contributed by atoms with Crippen LogP contribution in [-0.2, 0) is 6.42 Å². The Morgan fingerprint density at radius 2 is 1.86 bits per heavy atom. The predicted octanol–water partition coefficient (Wildman–Crippen LogP) is 3.31. The first-order chi connectivity index (χ1) is 9.88. The summed E-state index contributed by atoms with van der Waals surface area (Å²) < 4.78 is 0.690. The molecule has 0 saturated heterocycles. The standard InChI is InChI=1S/C16H20IN3O/c1-10(2)9-13-14(17)16(21)19-15(18-13)11-5-7-12(8-6-11)20(3)4/h5-8,10H,9H2,1-4H3,(H,18,19,21). The van der Waals surface area contributed by atoms with E-state index in [4.69, 9.17) is 0 Å². The van der Waals surface area contributed by atoms with E-state index in [2.05, 4.69) is 46.4 Å². The molecule has 1 aromatic heterocycles. The molecule has 0 unspecified atom stereocenters. The summed E-state index contributed by atoms with van der Waals surface area (Å²) in [5.74, 6) is 1.11. The lowest BCUT2D eigenvalue weighted by molar-refractivity contribution is 0.631. The number of halogens is 1. The Morgan fingerprint density at radius 3 is 2.38 bits per heavy atom. The van der Waals surface area contributed by atoms with Gasteiger partial charge in [-0.15, -0.1) is 0 Å². The van der Waals surface area contributed by atoms with Crippen LogP contribution in [0.25, 0.3) is 11.4 Å². The third kappa shape index (κ3) is 3.84. The molecule has 0 aliphatic heterocycles. The molecule has 0 radical (unpaired) electrons. The van der Waals surface area contributed by atoms with Crippen LogP contribution in [0.2, 0.25) is 0 Å². The van der Waals surface area contributed by atoms with Crippen molar-refractivity contribution in [1.82, 2.24) is 9.97 Å². The molecule has 4 nitrogen and oxygen atoms in total. The molecule has 1 N–H and O–H groups in total. The highest BCUT2D eigenvalue weighted by molar-refractivity contribution is 14.1.